The first-order chi connectivity index (χ1) is 16.1. The zero-order chi connectivity index (χ0) is 23.0. The molecule has 0 saturated carbocycles. The lowest BCUT2D eigenvalue weighted by atomic mass is 9.97. The molecule has 0 radical (unpaired) electrons. The lowest BCUT2D eigenvalue weighted by molar-refractivity contribution is -0.126. The average Bonchev–Trinajstić information content (AvgIpc) is 3.31. The van der Waals surface area contributed by atoms with Crippen LogP contribution in [-0.4, -0.2) is 53.4 Å². The van der Waals surface area contributed by atoms with Crippen molar-refractivity contribution in [2.75, 3.05) is 32.5 Å². The molecule has 1 aliphatic heterocycles. The zero-order valence-electron chi connectivity index (χ0n) is 19.1. The minimum atomic E-state index is -0.00731. The molecule has 1 amide bonds. The second-order valence-electron chi connectivity index (χ2n) is 8.27. The first-order valence-electron chi connectivity index (χ1n) is 11.3. The highest BCUT2D eigenvalue weighted by atomic mass is 32.2. The molecule has 1 aliphatic rings. The fourth-order valence-electron chi connectivity index (χ4n) is 3.90. The first kappa shape index (κ1) is 23.3. The second kappa shape index (κ2) is 11.3. The van der Waals surface area contributed by atoms with Crippen LogP contribution in [-0.2, 0) is 11.3 Å². The molecular weight excluding hydrogens is 436 g/mol. The van der Waals surface area contributed by atoms with Gasteiger partial charge in [-0.3, -0.25) is 9.69 Å². The maximum absolute atomic E-state index is 12.7. The Hall–Kier alpha value is -2.84. The third kappa shape index (κ3) is 6.58. The van der Waals surface area contributed by atoms with E-state index in [-0.39, 0.29) is 11.8 Å². The number of nitrogens with zero attached hydrogens (tertiary/aromatic N) is 3. The molecule has 1 fully saturated rings. The molecule has 2 aromatic carbocycles. The summed E-state index contributed by atoms with van der Waals surface area (Å²) < 4.78 is 10.7. The van der Waals surface area contributed by atoms with Crippen molar-refractivity contribution in [3.05, 3.63) is 60.0 Å². The Bertz CT molecular complexity index is 1040. The van der Waals surface area contributed by atoms with Crippen molar-refractivity contribution >= 4 is 17.7 Å². The van der Waals surface area contributed by atoms with Crippen LogP contribution >= 0.6 is 11.8 Å². The molecule has 4 rings (SSSR count). The molecule has 2 heterocycles. The van der Waals surface area contributed by atoms with E-state index < -0.39 is 0 Å². The highest BCUT2D eigenvalue weighted by Crippen LogP contribution is 2.22. The van der Waals surface area contributed by atoms with Gasteiger partial charge in [-0.2, -0.15) is 4.98 Å². The smallest absolute Gasteiger partial charge is 0.241 e. The molecule has 0 spiro atoms. The summed E-state index contributed by atoms with van der Waals surface area (Å²) in [5.41, 5.74) is 2.14. The summed E-state index contributed by atoms with van der Waals surface area (Å²) >= 11 is 1.76. The number of ether oxygens (including phenoxy) is 1. The van der Waals surface area contributed by atoms with Crippen LogP contribution in [0.25, 0.3) is 11.4 Å². The number of piperidine rings is 1. The van der Waals surface area contributed by atoms with Gasteiger partial charge in [-0.05, 0) is 62.7 Å². The Labute approximate surface area is 198 Å². The van der Waals surface area contributed by atoms with E-state index in [1.54, 1.807) is 18.9 Å². The van der Waals surface area contributed by atoms with Crippen molar-refractivity contribution in [2.45, 2.75) is 31.2 Å². The van der Waals surface area contributed by atoms with E-state index in [2.05, 4.69) is 51.5 Å². The topological polar surface area (TPSA) is 80.5 Å². The molecule has 7 nitrogen and oxygen atoms in total. The Morgan fingerprint density at radius 2 is 2.00 bits per heavy atom. The quantitative estimate of drug-likeness (QED) is 0.374. The SMILES string of the molecule is COc1ccc(-c2noc(CN3CCCC(C(=O)NCCSc4ccc(C)cc4)C3)n2)cc1. The number of benzene rings is 2. The molecule has 8 heteroatoms. The maximum Gasteiger partial charge on any atom is 0.241 e. The molecule has 1 unspecified atom stereocenters. The third-order valence-corrected chi connectivity index (χ3v) is 6.76. The Kier molecular flexibility index (Phi) is 8.01. The van der Waals surface area contributed by atoms with Gasteiger partial charge in [0.1, 0.15) is 5.75 Å². The standard InChI is InChI=1S/C25H30N4O3S/c1-18-5-11-22(12-6-18)33-15-13-26-25(30)20-4-3-14-29(16-20)17-23-27-24(28-32-23)19-7-9-21(31-2)10-8-19/h5-12,20H,3-4,13-17H2,1-2H3,(H,26,30). The molecule has 1 N–H and O–H groups in total. The third-order valence-electron chi connectivity index (χ3n) is 5.74. The van der Waals surface area contributed by atoms with Crippen molar-refractivity contribution in [1.29, 1.82) is 0 Å². The van der Waals surface area contributed by atoms with Gasteiger partial charge in [-0.15, -0.1) is 11.8 Å². The average molecular weight is 467 g/mol. The van der Waals surface area contributed by atoms with Crippen LogP contribution in [0.15, 0.2) is 57.9 Å². The van der Waals surface area contributed by atoms with E-state index >= 15 is 0 Å². The Morgan fingerprint density at radius 1 is 1.21 bits per heavy atom. The zero-order valence-corrected chi connectivity index (χ0v) is 19.9. The maximum atomic E-state index is 12.7. The van der Waals surface area contributed by atoms with E-state index in [1.807, 2.05) is 24.3 Å². The number of aromatic nitrogens is 2. The van der Waals surface area contributed by atoms with Crippen LogP contribution in [0.2, 0.25) is 0 Å². The van der Waals surface area contributed by atoms with Gasteiger partial charge in [-0.1, -0.05) is 22.9 Å². The second-order valence-corrected chi connectivity index (χ2v) is 9.44. The fraction of sp³-hybridized carbons (Fsp3) is 0.400. The van der Waals surface area contributed by atoms with Gasteiger partial charge in [0.15, 0.2) is 0 Å². The summed E-state index contributed by atoms with van der Waals surface area (Å²) in [6.07, 6.45) is 1.89. The van der Waals surface area contributed by atoms with Crippen LogP contribution in [0.1, 0.15) is 24.3 Å². The minimum absolute atomic E-state index is 0.00731. The lowest BCUT2D eigenvalue weighted by Gasteiger charge is -2.30. The van der Waals surface area contributed by atoms with Gasteiger partial charge >= 0.3 is 0 Å². The number of rotatable bonds is 9. The molecule has 174 valence electrons. The highest BCUT2D eigenvalue weighted by molar-refractivity contribution is 7.99. The van der Waals surface area contributed by atoms with Crippen LogP contribution in [0, 0.1) is 12.8 Å². The molecule has 3 aromatic rings. The summed E-state index contributed by atoms with van der Waals surface area (Å²) in [5.74, 6) is 2.90. The summed E-state index contributed by atoms with van der Waals surface area (Å²) in [5, 5.41) is 7.21. The summed E-state index contributed by atoms with van der Waals surface area (Å²) in [7, 11) is 1.64. The Balaban J connectivity index is 1.23. The van der Waals surface area contributed by atoms with Gasteiger partial charge in [0, 0.05) is 29.3 Å². The number of carbonyl (C=O) groups is 1. The number of carbonyl (C=O) groups excluding carboxylic acids is 1. The number of hydrogen-bond donors (Lipinski definition) is 1. The predicted octanol–water partition coefficient (Wildman–Crippen LogP) is 4.17. The summed E-state index contributed by atoms with van der Waals surface area (Å²) in [6, 6.07) is 16.0. The van der Waals surface area contributed by atoms with Crippen molar-refractivity contribution < 1.29 is 14.1 Å². The number of nitrogens with one attached hydrogen (secondary N) is 1. The molecule has 1 atom stereocenters. The number of hydrogen-bond acceptors (Lipinski definition) is 7. The van der Waals surface area contributed by atoms with Crippen molar-refractivity contribution in [1.82, 2.24) is 20.4 Å². The highest BCUT2D eigenvalue weighted by Gasteiger charge is 2.26. The van der Waals surface area contributed by atoms with Gasteiger partial charge in [-0.25, -0.2) is 0 Å². The number of methoxy groups -OCH3 is 1. The van der Waals surface area contributed by atoms with Gasteiger partial charge in [0.2, 0.25) is 17.6 Å². The van der Waals surface area contributed by atoms with Gasteiger partial charge in [0.25, 0.3) is 0 Å². The van der Waals surface area contributed by atoms with E-state index in [0.717, 1.165) is 36.5 Å². The fourth-order valence-corrected chi connectivity index (χ4v) is 4.67. The summed E-state index contributed by atoms with van der Waals surface area (Å²) in [4.78, 5) is 20.7. The van der Waals surface area contributed by atoms with E-state index in [9.17, 15) is 4.79 Å². The minimum Gasteiger partial charge on any atom is -0.497 e. The van der Waals surface area contributed by atoms with Gasteiger partial charge < -0.3 is 14.6 Å². The molecular formula is C25H30N4O3S. The van der Waals surface area contributed by atoms with Gasteiger partial charge in [0.05, 0.1) is 19.6 Å². The number of likely N-dealkylation sites (tertiary alicyclic amines) is 1. The van der Waals surface area contributed by atoms with Crippen molar-refractivity contribution in [2.24, 2.45) is 5.92 Å². The predicted molar refractivity (Wildman–Crippen MR) is 129 cm³/mol. The molecule has 1 aromatic heterocycles. The lowest BCUT2D eigenvalue weighted by Crippen LogP contribution is -2.43. The van der Waals surface area contributed by atoms with Crippen LogP contribution in [0.3, 0.4) is 0 Å². The number of amides is 1. The van der Waals surface area contributed by atoms with Crippen molar-refractivity contribution in [3.8, 4) is 17.1 Å². The van der Waals surface area contributed by atoms with E-state index in [4.69, 9.17) is 9.26 Å². The normalized spacial score (nSPS) is 16.5. The van der Waals surface area contributed by atoms with Crippen LogP contribution in [0.5, 0.6) is 5.75 Å². The molecule has 0 bridgehead atoms. The number of aryl methyl sites for hydroxylation is 1. The first-order valence-corrected chi connectivity index (χ1v) is 12.3. The van der Waals surface area contributed by atoms with Crippen molar-refractivity contribution in [3.63, 3.8) is 0 Å². The molecule has 0 aliphatic carbocycles. The largest absolute Gasteiger partial charge is 0.497 e. The number of thioether (sulfide) groups is 1. The van der Waals surface area contributed by atoms with Crippen LogP contribution < -0.4 is 10.1 Å². The van der Waals surface area contributed by atoms with E-state index in [1.165, 1.54) is 10.5 Å². The monoisotopic (exact) mass is 466 g/mol. The molecule has 33 heavy (non-hydrogen) atoms. The molecule has 1 saturated heterocycles. The summed E-state index contributed by atoms with van der Waals surface area (Å²) in [6.45, 7) is 4.93. The van der Waals surface area contributed by atoms with E-state index in [0.29, 0.717) is 31.3 Å². The van der Waals surface area contributed by atoms with Crippen LogP contribution in [0.4, 0.5) is 0 Å². The Morgan fingerprint density at radius 3 is 2.76 bits per heavy atom.